The minimum absolute atomic E-state index is 0.161. The average molecular weight is 393 g/mol. The summed E-state index contributed by atoms with van der Waals surface area (Å²) >= 11 is 0. The topological polar surface area (TPSA) is 82.6 Å². The predicted molar refractivity (Wildman–Crippen MR) is 109 cm³/mol. The van der Waals surface area contributed by atoms with Crippen molar-refractivity contribution in [1.82, 2.24) is 15.4 Å². The number of ether oxygens (including phenoxy) is 2. The van der Waals surface area contributed by atoms with Gasteiger partial charge < -0.3 is 9.47 Å². The van der Waals surface area contributed by atoms with Crippen LogP contribution < -0.4 is 15.0 Å². The van der Waals surface area contributed by atoms with Crippen molar-refractivity contribution in [2.75, 3.05) is 13.7 Å². The van der Waals surface area contributed by atoms with Crippen LogP contribution in [0.5, 0.6) is 11.5 Å². The van der Waals surface area contributed by atoms with E-state index >= 15 is 0 Å². The fourth-order valence-electron chi connectivity index (χ4n) is 2.66. The smallest absolute Gasteiger partial charge is 0.295 e. The molecule has 3 aromatic rings. The molecule has 0 bridgehead atoms. The van der Waals surface area contributed by atoms with Gasteiger partial charge in [-0.05, 0) is 55.8 Å². The Morgan fingerprint density at radius 1 is 1.10 bits per heavy atom. The zero-order valence-corrected chi connectivity index (χ0v) is 16.6. The Hall–Kier alpha value is -3.45. The molecule has 7 heteroatoms. The van der Waals surface area contributed by atoms with Gasteiger partial charge in [0, 0.05) is 5.56 Å². The molecule has 7 nitrogen and oxygen atoms in total. The maximum absolute atomic E-state index is 12.4. The second kappa shape index (κ2) is 9.66. The molecule has 0 saturated carbocycles. The number of aromatic nitrogens is 2. The molecule has 150 valence electrons. The first-order valence-electron chi connectivity index (χ1n) is 9.26. The number of nitrogens with zero attached hydrogens (tertiary/aromatic N) is 2. The van der Waals surface area contributed by atoms with Gasteiger partial charge in [-0.15, -0.1) is 0 Å². The van der Waals surface area contributed by atoms with Crippen molar-refractivity contribution in [3.8, 4) is 22.8 Å². The molecule has 1 heterocycles. The highest BCUT2D eigenvalue weighted by atomic mass is 16.7. The van der Waals surface area contributed by atoms with Gasteiger partial charge in [0.2, 0.25) is 0 Å². The molecule has 2 aromatic carbocycles. The number of benzene rings is 2. The van der Waals surface area contributed by atoms with Crippen LogP contribution in [-0.4, -0.2) is 29.6 Å². The Bertz CT molecular complexity index is 960. The number of hydrogen-bond donors (Lipinski definition) is 1. The van der Waals surface area contributed by atoms with E-state index in [4.69, 9.17) is 14.3 Å². The number of amides is 1. The molecule has 0 fully saturated rings. The molecule has 3 rings (SSSR count). The lowest BCUT2D eigenvalue weighted by atomic mass is 10.1. The van der Waals surface area contributed by atoms with Crippen LogP contribution in [0.2, 0.25) is 0 Å². The van der Waals surface area contributed by atoms with Crippen LogP contribution in [0.1, 0.15) is 36.0 Å². The Labute approximate surface area is 169 Å². The van der Waals surface area contributed by atoms with Crippen molar-refractivity contribution in [2.24, 2.45) is 0 Å². The van der Waals surface area contributed by atoms with Crippen LogP contribution in [0.4, 0.5) is 0 Å². The molecule has 0 aliphatic rings. The third-order valence-electron chi connectivity index (χ3n) is 4.22. The minimum atomic E-state index is -0.472. The average Bonchev–Trinajstić information content (AvgIpc) is 2.78. The van der Waals surface area contributed by atoms with Crippen LogP contribution in [-0.2, 0) is 4.84 Å². The van der Waals surface area contributed by atoms with E-state index in [0.29, 0.717) is 12.3 Å². The minimum Gasteiger partial charge on any atom is -0.497 e. The van der Waals surface area contributed by atoms with Crippen LogP contribution in [0.3, 0.4) is 0 Å². The summed E-state index contributed by atoms with van der Waals surface area (Å²) in [5.41, 5.74) is 4.89. The molecule has 0 saturated heterocycles. The zero-order chi connectivity index (χ0) is 20.6. The maximum atomic E-state index is 12.4. The van der Waals surface area contributed by atoms with Crippen molar-refractivity contribution in [3.05, 3.63) is 72.2 Å². The lowest BCUT2D eigenvalue weighted by Gasteiger charge is -2.14. The first-order chi connectivity index (χ1) is 14.1. The Balaban J connectivity index is 1.66. The second-order valence-corrected chi connectivity index (χ2v) is 6.21. The summed E-state index contributed by atoms with van der Waals surface area (Å²) in [6.45, 7) is 4.36. The summed E-state index contributed by atoms with van der Waals surface area (Å²) in [6.07, 6.45) is 2.63. The molecule has 0 unspecified atom stereocenters. The summed E-state index contributed by atoms with van der Waals surface area (Å²) in [5.74, 6) is 1.02. The van der Waals surface area contributed by atoms with E-state index in [9.17, 15) is 4.79 Å². The van der Waals surface area contributed by atoms with Crippen molar-refractivity contribution in [2.45, 2.75) is 20.0 Å². The number of hydrogen-bond acceptors (Lipinski definition) is 6. The number of hydroxylamine groups is 1. The van der Waals surface area contributed by atoms with E-state index < -0.39 is 5.91 Å². The van der Waals surface area contributed by atoms with Crippen molar-refractivity contribution < 1.29 is 19.1 Å². The first kappa shape index (κ1) is 20.3. The highest BCUT2D eigenvalue weighted by Gasteiger charge is 2.13. The van der Waals surface area contributed by atoms with Gasteiger partial charge in [0.05, 0.1) is 31.8 Å². The summed E-state index contributed by atoms with van der Waals surface area (Å²) in [7, 11) is 1.60. The molecule has 1 N–H and O–H groups in total. The monoisotopic (exact) mass is 393 g/mol. The van der Waals surface area contributed by atoms with Gasteiger partial charge in [0.15, 0.2) is 0 Å². The third-order valence-corrected chi connectivity index (χ3v) is 4.22. The van der Waals surface area contributed by atoms with E-state index in [-0.39, 0.29) is 11.8 Å². The van der Waals surface area contributed by atoms with Gasteiger partial charge in [-0.25, -0.2) is 10.5 Å². The third kappa shape index (κ3) is 5.30. The molecule has 0 aliphatic carbocycles. The first-order valence-corrected chi connectivity index (χ1v) is 9.26. The van der Waals surface area contributed by atoms with Crippen molar-refractivity contribution in [1.29, 1.82) is 0 Å². The molecular weight excluding hydrogens is 370 g/mol. The maximum Gasteiger partial charge on any atom is 0.295 e. The quantitative estimate of drug-likeness (QED) is 0.583. The van der Waals surface area contributed by atoms with E-state index in [1.165, 1.54) is 6.20 Å². The van der Waals surface area contributed by atoms with Crippen LogP contribution >= 0.6 is 0 Å². The Kier molecular flexibility index (Phi) is 6.76. The summed E-state index contributed by atoms with van der Waals surface area (Å²) in [4.78, 5) is 26.4. The second-order valence-electron chi connectivity index (χ2n) is 6.21. The number of rotatable bonds is 8. The van der Waals surface area contributed by atoms with Gasteiger partial charge in [0.25, 0.3) is 5.91 Å². The van der Waals surface area contributed by atoms with E-state index in [1.807, 2.05) is 62.4 Å². The van der Waals surface area contributed by atoms with Gasteiger partial charge >= 0.3 is 0 Å². The van der Waals surface area contributed by atoms with Gasteiger partial charge in [0.1, 0.15) is 23.3 Å². The SMILES string of the molecule is CCOc1ccc(-c2cncc(C(=O)NO[C@H](C)c3cccc(OC)c3)n2)cc1. The lowest BCUT2D eigenvalue weighted by Crippen LogP contribution is -2.26. The largest absolute Gasteiger partial charge is 0.497 e. The van der Waals surface area contributed by atoms with Crippen LogP contribution in [0, 0.1) is 0 Å². The Morgan fingerprint density at radius 2 is 1.90 bits per heavy atom. The molecule has 29 heavy (non-hydrogen) atoms. The highest BCUT2D eigenvalue weighted by molar-refractivity contribution is 5.91. The normalized spacial score (nSPS) is 11.6. The van der Waals surface area contributed by atoms with E-state index in [1.54, 1.807) is 13.3 Å². The molecule has 0 aliphatic heterocycles. The summed E-state index contributed by atoms with van der Waals surface area (Å²) < 4.78 is 10.6. The highest BCUT2D eigenvalue weighted by Crippen LogP contribution is 2.22. The lowest BCUT2D eigenvalue weighted by molar-refractivity contribution is -0.00928. The molecule has 1 amide bonds. The van der Waals surface area contributed by atoms with Crippen molar-refractivity contribution in [3.63, 3.8) is 0 Å². The van der Waals surface area contributed by atoms with Crippen LogP contribution in [0.25, 0.3) is 11.3 Å². The zero-order valence-electron chi connectivity index (χ0n) is 16.6. The number of nitrogens with one attached hydrogen (secondary N) is 1. The Morgan fingerprint density at radius 3 is 2.62 bits per heavy atom. The van der Waals surface area contributed by atoms with Crippen molar-refractivity contribution >= 4 is 5.91 Å². The summed E-state index contributed by atoms with van der Waals surface area (Å²) in [6, 6.07) is 14.9. The van der Waals surface area contributed by atoms with Gasteiger partial charge in [-0.3, -0.25) is 14.6 Å². The van der Waals surface area contributed by atoms with E-state index in [0.717, 1.165) is 22.6 Å². The predicted octanol–water partition coefficient (Wildman–Crippen LogP) is 3.97. The van der Waals surface area contributed by atoms with E-state index in [2.05, 4.69) is 15.4 Å². The fraction of sp³-hybridized carbons (Fsp3) is 0.227. The summed E-state index contributed by atoms with van der Waals surface area (Å²) in [5, 5.41) is 0. The number of carbonyl (C=O) groups is 1. The van der Waals surface area contributed by atoms with Gasteiger partial charge in [-0.2, -0.15) is 0 Å². The van der Waals surface area contributed by atoms with Gasteiger partial charge in [-0.1, -0.05) is 12.1 Å². The molecule has 0 spiro atoms. The molecule has 1 atom stereocenters. The molecular formula is C22H23N3O4. The standard InChI is InChI=1S/C22H23N3O4/c1-4-28-18-10-8-16(9-11-18)20-13-23-14-21(24-20)22(26)25-29-15(2)17-6-5-7-19(12-17)27-3/h5-15H,4H2,1-3H3,(H,25,26)/t15-/m1/s1. The molecule has 0 radical (unpaired) electrons. The number of carbonyl (C=O) groups excluding carboxylic acids is 1. The van der Waals surface area contributed by atoms with Crippen LogP contribution in [0.15, 0.2) is 60.9 Å². The number of methoxy groups -OCH3 is 1. The molecule has 1 aromatic heterocycles. The fourth-order valence-corrected chi connectivity index (χ4v) is 2.66.